The van der Waals surface area contributed by atoms with Gasteiger partial charge in [-0.15, -0.1) is 10.2 Å². The van der Waals surface area contributed by atoms with Crippen LogP contribution in [0.25, 0.3) is 0 Å². The number of carbonyl (C=O) groups is 1. The van der Waals surface area contributed by atoms with Crippen molar-refractivity contribution < 1.29 is 9.53 Å². The molecule has 22 heavy (non-hydrogen) atoms. The van der Waals surface area contributed by atoms with Gasteiger partial charge >= 0.3 is 0 Å². The quantitative estimate of drug-likeness (QED) is 0.782. The zero-order valence-electron chi connectivity index (χ0n) is 12.3. The minimum absolute atomic E-state index is 0.277. The Morgan fingerprint density at radius 2 is 2.09 bits per heavy atom. The number of hydrogen-bond acceptors (Lipinski definition) is 5. The first-order valence-corrected chi connectivity index (χ1v) is 7.99. The maximum atomic E-state index is 11.3. The molecule has 1 amide bonds. The molecule has 118 valence electrons. The minimum atomic E-state index is -0.352. The Labute approximate surface area is 138 Å². The molecule has 6 nitrogen and oxygen atoms in total. The van der Waals surface area contributed by atoms with Gasteiger partial charge in [-0.25, -0.2) is 0 Å². The molecule has 0 fully saturated rings. The molecule has 0 aliphatic heterocycles. The van der Waals surface area contributed by atoms with Gasteiger partial charge in [-0.05, 0) is 30.7 Å². The van der Waals surface area contributed by atoms with E-state index in [1.54, 1.807) is 28.8 Å². The van der Waals surface area contributed by atoms with Gasteiger partial charge in [0.2, 0.25) is 5.91 Å². The Kier molecular flexibility index (Phi) is 5.68. The molecular formula is C14H17ClN4O2S. The summed E-state index contributed by atoms with van der Waals surface area (Å²) < 4.78 is 7.43. The van der Waals surface area contributed by atoms with Crippen LogP contribution in [0.5, 0.6) is 5.75 Å². The van der Waals surface area contributed by atoms with Gasteiger partial charge in [-0.3, -0.25) is 4.79 Å². The third-order valence-corrected chi connectivity index (χ3v) is 4.71. The molecule has 0 saturated heterocycles. The van der Waals surface area contributed by atoms with Crippen molar-refractivity contribution in [1.29, 1.82) is 0 Å². The zero-order chi connectivity index (χ0) is 16.1. The number of hydrogen-bond donors (Lipinski definition) is 1. The predicted molar refractivity (Wildman–Crippen MR) is 85.9 cm³/mol. The second-order valence-electron chi connectivity index (χ2n) is 4.62. The van der Waals surface area contributed by atoms with Gasteiger partial charge in [-0.2, -0.15) is 0 Å². The van der Waals surface area contributed by atoms with E-state index in [1.807, 2.05) is 14.0 Å². The second-order valence-corrected chi connectivity index (χ2v) is 6.22. The highest BCUT2D eigenvalue weighted by molar-refractivity contribution is 8.00. The Morgan fingerprint density at radius 3 is 2.68 bits per heavy atom. The molecule has 1 atom stereocenters. The van der Waals surface area contributed by atoms with Crippen LogP contribution in [0.1, 0.15) is 19.2 Å². The summed E-state index contributed by atoms with van der Waals surface area (Å²) in [6.07, 6.45) is 0.642. The molecule has 1 aromatic heterocycles. The van der Waals surface area contributed by atoms with Gasteiger partial charge in [-0.1, -0.05) is 30.3 Å². The summed E-state index contributed by atoms with van der Waals surface area (Å²) in [5.41, 5.74) is 5.35. The summed E-state index contributed by atoms with van der Waals surface area (Å²) in [6, 6.07) is 7.09. The molecule has 1 heterocycles. The molecule has 2 N–H and O–H groups in total. The average molecular weight is 341 g/mol. The van der Waals surface area contributed by atoms with Crippen LogP contribution in [0.3, 0.4) is 0 Å². The van der Waals surface area contributed by atoms with Crippen molar-refractivity contribution in [3.05, 3.63) is 35.1 Å². The largest absolute Gasteiger partial charge is 0.486 e. The van der Waals surface area contributed by atoms with Gasteiger partial charge in [0.25, 0.3) is 0 Å². The molecule has 0 bridgehead atoms. The third kappa shape index (κ3) is 4.14. The van der Waals surface area contributed by atoms with E-state index in [2.05, 4.69) is 10.2 Å². The highest BCUT2D eigenvalue weighted by Crippen LogP contribution is 2.24. The third-order valence-electron chi connectivity index (χ3n) is 3.04. The maximum Gasteiger partial charge on any atom is 0.231 e. The number of rotatable bonds is 7. The number of amides is 1. The van der Waals surface area contributed by atoms with E-state index in [0.29, 0.717) is 28.2 Å². The lowest BCUT2D eigenvalue weighted by atomic mass is 10.3. The summed E-state index contributed by atoms with van der Waals surface area (Å²) in [5.74, 6) is 1.01. The molecule has 2 aromatic rings. The number of halogens is 1. The van der Waals surface area contributed by atoms with Crippen LogP contribution in [0.4, 0.5) is 0 Å². The second kappa shape index (κ2) is 7.51. The van der Waals surface area contributed by atoms with Crippen molar-refractivity contribution in [3.8, 4) is 5.75 Å². The number of benzene rings is 1. The highest BCUT2D eigenvalue weighted by atomic mass is 35.5. The Morgan fingerprint density at radius 1 is 1.41 bits per heavy atom. The average Bonchev–Trinajstić information content (AvgIpc) is 2.84. The van der Waals surface area contributed by atoms with Crippen molar-refractivity contribution in [1.82, 2.24) is 14.8 Å². The van der Waals surface area contributed by atoms with E-state index in [1.165, 1.54) is 11.8 Å². The van der Waals surface area contributed by atoms with Gasteiger partial charge < -0.3 is 15.0 Å². The molecule has 0 spiro atoms. The van der Waals surface area contributed by atoms with Crippen LogP contribution in [0.2, 0.25) is 5.02 Å². The summed E-state index contributed by atoms with van der Waals surface area (Å²) in [7, 11) is 1.83. The van der Waals surface area contributed by atoms with Crippen molar-refractivity contribution >= 4 is 29.3 Å². The number of nitrogens with two attached hydrogens (primary N) is 1. The molecule has 0 aliphatic rings. The van der Waals surface area contributed by atoms with E-state index < -0.39 is 0 Å². The number of nitrogens with zero attached hydrogens (tertiary/aromatic N) is 3. The van der Waals surface area contributed by atoms with Crippen LogP contribution < -0.4 is 10.5 Å². The molecule has 0 radical (unpaired) electrons. The van der Waals surface area contributed by atoms with Crippen LogP contribution in [0, 0.1) is 0 Å². The number of carbonyl (C=O) groups excluding carboxylic acids is 1. The van der Waals surface area contributed by atoms with E-state index in [-0.39, 0.29) is 17.8 Å². The molecule has 0 saturated carbocycles. The lowest BCUT2D eigenvalue weighted by Crippen LogP contribution is -2.25. The Bertz CT molecular complexity index is 645. The van der Waals surface area contributed by atoms with Crippen LogP contribution in [-0.2, 0) is 18.4 Å². The topological polar surface area (TPSA) is 83.0 Å². The minimum Gasteiger partial charge on any atom is -0.486 e. The lowest BCUT2D eigenvalue weighted by Gasteiger charge is -2.10. The summed E-state index contributed by atoms with van der Waals surface area (Å²) >= 11 is 7.13. The molecule has 8 heteroatoms. The molecule has 0 aliphatic carbocycles. The van der Waals surface area contributed by atoms with Crippen molar-refractivity contribution in [2.75, 3.05) is 0 Å². The standard InChI is InChI=1S/C14H17ClN4O2S/c1-3-11(13(16)20)22-14-18-17-12(19(14)2)8-21-10-6-4-9(15)5-7-10/h4-7,11H,3,8H2,1-2H3,(H2,16,20)/t11-/m1/s1. The highest BCUT2D eigenvalue weighted by Gasteiger charge is 2.19. The molecule has 2 rings (SSSR count). The fourth-order valence-corrected chi connectivity index (χ4v) is 2.74. The van der Waals surface area contributed by atoms with Gasteiger partial charge in [0.15, 0.2) is 11.0 Å². The van der Waals surface area contributed by atoms with Crippen molar-refractivity contribution in [3.63, 3.8) is 0 Å². The first-order chi connectivity index (χ1) is 10.5. The molecule has 0 unspecified atom stereocenters. The summed E-state index contributed by atoms with van der Waals surface area (Å²) in [6.45, 7) is 2.18. The van der Waals surface area contributed by atoms with Crippen LogP contribution in [-0.4, -0.2) is 25.9 Å². The lowest BCUT2D eigenvalue weighted by molar-refractivity contribution is -0.117. The Hall–Kier alpha value is -1.73. The molecule has 1 aromatic carbocycles. The first-order valence-electron chi connectivity index (χ1n) is 6.73. The monoisotopic (exact) mass is 340 g/mol. The number of primary amides is 1. The molecular weight excluding hydrogens is 324 g/mol. The number of thioether (sulfide) groups is 1. The van der Waals surface area contributed by atoms with E-state index in [0.717, 1.165) is 0 Å². The van der Waals surface area contributed by atoms with E-state index >= 15 is 0 Å². The fourth-order valence-electron chi connectivity index (χ4n) is 1.72. The summed E-state index contributed by atoms with van der Waals surface area (Å²) in [4.78, 5) is 11.3. The predicted octanol–water partition coefficient (Wildman–Crippen LogP) is 2.40. The summed E-state index contributed by atoms with van der Waals surface area (Å²) in [5, 5.41) is 9.14. The van der Waals surface area contributed by atoms with Gasteiger partial charge in [0.1, 0.15) is 12.4 Å². The normalized spacial score (nSPS) is 12.1. The van der Waals surface area contributed by atoms with Crippen LogP contribution >= 0.6 is 23.4 Å². The van der Waals surface area contributed by atoms with Crippen molar-refractivity contribution in [2.24, 2.45) is 12.8 Å². The maximum absolute atomic E-state index is 11.3. The zero-order valence-corrected chi connectivity index (χ0v) is 13.9. The van der Waals surface area contributed by atoms with Gasteiger partial charge in [0.05, 0.1) is 5.25 Å². The van der Waals surface area contributed by atoms with Crippen LogP contribution in [0.15, 0.2) is 29.4 Å². The number of ether oxygens (including phenoxy) is 1. The Balaban J connectivity index is 2.01. The fraction of sp³-hybridized carbons (Fsp3) is 0.357. The first kappa shape index (κ1) is 16.6. The van der Waals surface area contributed by atoms with Crippen molar-refractivity contribution in [2.45, 2.75) is 30.4 Å². The van der Waals surface area contributed by atoms with E-state index in [4.69, 9.17) is 22.1 Å². The van der Waals surface area contributed by atoms with E-state index in [9.17, 15) is 4.79 Å². The van der Waals surface area contributed by atoms with Gasteiger partial charge in [0, 0.05) is 12.1 Å². The SMILES string of the molecule is CC[C@@H](Sc1nnc(COc2ccc(Cl)cc2)n1C)C(N)=O. The number of aromatic nitrogens is 3. The smallest absolute Gasteiger partial charge is 0.231 e.